The van der Waals surface area contributed by atoms with E-state index in [-0.39, 0.29) is 46.5 Å². The smallest absolute Gasteiger partial charge is 0.220 e. The van der Waals surface area contributed by atoms with Crippen LogP contribution in [0, 0.1) is 52.3 Å². The zero-order chi connectivity index (χ0) is 26.7. The Kier molecular flexibility index (Phi) is 7.46. The number of Topliss-reactive ketones (excluding diaryl/α,β-unsaturated/α-hetero) is 2. The molecular formula is C31H44ClNO3S. The number of rotatable bonds is 6. The lowest BCUT2D eigenvalue weighted by Crippen LogP contribution is -2.57. The summed E-state index contributed by atoms with van der Waals surface area (Å²) < 4.78 is 0.751. The van der Waals surface area contributed by atoms with Gasteiger partial charge in [-0.3, -0.25) is 14.4 Å². The van der Waals surface area contributed by atoms with Gasteiger partial charge in [0, 0.05) is 36.5 Å². The van der Waals surface area contributed by atoms with Gasteiger partial charge >= 0.3 is 0 Å². The van der Waals surface area contributed by atoms with Gasteiger partial charge in [0.1, 0.15) is 11.6 Å². The molecule has 204 valence electrons. The predicted octanol–water partition coefficient (Wildman–Crippen LogP) is 7.65. The average Bonchev–Trinajstić information content (AvgIpc) is 3.41. The molecule has 0 spiro atoms. The first-order valence-corrected chi connectivity index (χ1v) is 15.7. The summed E-state index contributed by atoms with van der Waals surface area (Å²) in [4.78, 5) is 40.2. The van der Waals surface area contributed by atoms with Gasteiger partial charge < -0.3 is 5.32 Å². The molecule has 0 aromatic carbocycles. The molecule has 5 rings (SSSR count). The fourth-order valence-corrected chi connectivity index (χ4v) is 10.7. The van der Waals surface area contributed by atoms with E-state index in [9.17, 15) is 14.4 Å². The van der Waals surface area contributed by atoms with Crippen molar-refractivity contribution >= 4 is 40.4 Å². The van der Waals surface area contributed by atoms with Crippen molar-refractivity contribution < 1.29 is 14.4 Å². The summed E-state index contributed by atoms with van der Waals surface area (Å²) in [7, 11) is 0. The predicted molar refractivity (Wildman–Crippen MR) is 149 cm³/mol. The number of halogens is 1. The van der Waals surface area contributed by atoms with Gasteiger partial charge in [-0.15, -0.1) is 11.3 Å². The minimum Gasteiger partial charge on any atom is -0.348 e. The molecular weight excluding hydrogens is 502 g/mol. The zero-order valence-electron chi connectivity index (χ0n) is 23.1. The van der Waals surface area contributed by atoms with E-state index in [2.05, 4.69) is 39.9 Å². The minimum atomic E-state index is -0.0181. The number of carbonyl (C=O) groups excluding carboxylic acids is 3. The van der Waals surface area contributed by atoms with Crippen molar-refractivity contribution in [1.82, 2.24) is 5.32 Å². The molecule has 1 aromatic heterocycles. The Morgan fingerprint density at radius 3 is 2.46 bits per heavy atom. The quantitative estimate of drug-likeness (QED) is 0.399. The second kappa shape index (κ2) is 10.1. The van der Waals surface area contributed by atoms with Gasteiger partial charge in [-0.1, -0.05) is 46.2 Å². The van der Waals surface area contributed by atoms with Crippen molar-refractivity contribution in [2.45, 2.75) is 98.4 Å². The molecule has 1 heterocycles. The van der Waals surface area contributed by atoms with Crippen molar-refractivity contribution in [1.29, 1.82) is 0 Å². The number of fused-ring (bicyclic) bond motifs is 5. The van der Waals surface area contributed by atoms with Crippen molar-refractivity contribution in [3.05, 3.63) is 21.3 Å². The molecule has 6 heteroatoms. The van der Waals surface area contributed by atoms with Crippen LogP contribution in [-0.2, 0) is 14.4 Å². The van der Waals surface area contributed by atoms with E-state index in [4.69, 9.17) is 11.6 Å². The first kappa shape index (κ1) is 27.4. The highest BCUT2D eigenvalue weighted by Crippen LogP contribution is 2.67. The maximum absolute atomic E-state index is 13.6. The molecule has 4 saturated carbocycles. The summed E-state index contributed by atoms with van der Waals surface area (Å²) in [6.45, 7) is 11.3. The Hall–Kier alpha value is -1.20. The van der Waals surface area contributed by atoms with E-state index in [1.54, 1.807) is 11.3 Å². The second-order valence-corrected chi connectivity index (χ2v) is 15.4. The molecule has 0 unspecified atom stereocenters. The van der Waals surface area contributed by atoms with Gasteiger partial charge in [-0.05, 0) is 90.6 Å². The molecule has 0 radical (unpaired) electrons. The van der Waals surface area contributed by atoms with E-state index >= 15 is 0 Å². The van der Waals surface area contributed by atoms with Gasteiger partial charge in [-0.2, -0.15) is 0 Å². The number of thiophene rings is 1. The van der Waals surface area contributed by atoms with E-state index in [0.717, 1.165) is 41.3 Å². The molecule has 1 aromatic rings. The maximum atomic E-state index is 13.6. The monoisotopic (exact) mass is 545 g/mol. The lowest BCUT2D eigenvalue weighted by atomic mass is 9.44. The largest absolute Gasteiger partial charge is 0.348 e. The van der Waals surface area contributed by atoms with Gasteiger partial charge in [0.2, 0.25) is 5.91 Å². The summed E-state index contributed by atoms with van der Waals surface area (Å²) in [5.74, 6) is 3.16. The first-order chi connectivity index (χ1) is 17.4. The topological polar surface area (TPSA) is 63.2 Å². The van der Waals surface area contributed by atoms with Crippen molar-refractivity contribution in [3.8, 4) is 0 Å². The Morgan fingerprint density at radius 2 is 1.78 bits per heavy atom. The lowest BCUT2D eigenvalue weighted by Gasteiger charge is -2.59. The lowest BCUT2D eigenvalue weighted by molar-refractivity contribution is -0.159. The number of carbonyl (C=O) groups is 3. The zero-order valence-corrected chi connectivity index (χ0v) is 24.7. The number of hydrogen-bond acceptors (Lipinski definition) is 4. The van der Waals surface area contributed by atoms with Crippen LogP contribution in [0.25, 0.3) is 0 Å². The van der Waals surface area contributed by atoms with Crippen LogP contribution in [0.15, 0.2) is 12.1 Å². The molecule has 9 atom stereocenters. The van der Waals surface area contributed by atoms with Crippen LogP contribution >= 0.6 is 22.9 Å². The number of nitrogens with one attached hydrogen (secondary N) is 1. The van der Waals surface area contributed by atoms with Crippen molar-refractivity contribution in [2.75, 3.05) is 0 Å². The third-order valence-electron chi connectivity index (χ3n) is 11.4. The third-order valence-corrected chi connectivity index (χ3v) is 12.8. The molecule has 0 aliphatic heterocycles. The van der Waals surface area contributed by atoms with Gasteiger partial charge in [0.25, 0.3) is 0 Å². The molecule has 4 nitrogen and oxygen atoms in total. The van der Waals surface area contributed by atoms with Crippen molar-refractivity contribution in [3.63, 3.8) is 0 Å². The molecule has 1 amide bonds. The molecule has 4 fully saturated rings. The van der Waals surface area contributed by atoms with Crippen LogP contribution in [0.3, 0.4) is 0 Å². The summed E-state index contributed by atoms with van der Waals surface area (Å²) in [6.07, 6.45) is 7.83. The van der Waals surface area contributed by atoms with E-state index < -0.39 is 0 Å². The van der Waals surface area contributed by atoms with Gasteiger partial charge in [0.05, 0.1) is 10.4 Å². The molecule has 0 saturated heterocycles. The average molecular weight is 546 g/mol. The normalized spacial score (nSPS) is 39.1. The number of amides is 1. The molecule has 1 N–H and O–H groups in total. The summed E-state index contributed by atoms with van der Waals surface area (Å²) >= 11 is 7.72. The minimum absolute atomic E-state index is 0.0181. The molecule has 4 aliphatic rings. The maximum Gasteiger partial charge on any atom is 0.220 e. The van der Waals surface area contributed by atoms with Crippen LogP contribution in [0.2, 0.25) is 4.34 Å². The Labute approximate surface area is 231 Å². The van der Waals surface area contributed by atoms with Crippen LogP contribution in [0.5, 0.6) is 0 Å². The van der Waals surface area contributed by atoms with Crippen molar-refractivity contribution in [2.24, 2.45) is 52.3 Å². The Balaban J connectivity index is 1.28. The third kappa shape index (κ3) is 4.75. The summed E-state index contributed by atoms with van der Waals surface area (Å²) in [5, 5.41) is 3.31. The number of hydrogen-bond donors (Lipinski definition) is 1. The summed E-state index contributed by atoms with van der Waals surface area (Å²) in [5.41, 5.74) is 0.247. The van der Waals surface area contributed by atoms with Crippen LogP contribution in [0.4, 0.5) is 0 Å². The Morgan fingerprint density at radius 1 is 1.05 bits per heavy atom. The Bertz CT molecular complexity index is 1070. The highest BCUT2D eigenvalue weighted by Gasteiger charge is 2.63. The highest BCUT2D eigenvalue weighted by molar-refractivity contribution is 7.16. The molecule has 37 heavy (non-hydrogen) atoms. The fourth-order valence-electron chi connectivity index (χ4n) is 9.43. The van der Waals surface area contributed by atoms with E-state index in [1.165, 1.54) is 0 Å². The second-order valence-electron chi connectivity index (χ2n) is 13.7. The molecule has 0 bridgehead atoms. The number of ketones is 2. The highest BCUT2D eigenvalue weighted by atomic mass is 35.5. The SMILES string of the molecule is CC(C)[C@@H](NC(=O)C[C@@H](C)[C@H]1CC[C@H]2[C@@H]3C(=O)C[C@@H]4CC(=O)CC[C@]4(C)[C@H]3CC[C@]12C)c1ccc(Cl)s1. The summed E-state index contributed by atoms with van der Waals surface area (Å²) in [6, 6.07) is 3.91. The fraction of sp³-hybridized carbons (Fsp3) is 0.774. The van der Waals surface area contributed by atoms with Gasteiger partial charge in [-0.25, -0.2) is 0 Å². The van der Waals surface area contributed by atoms with Crippen LogP contribution in [-0.4, -0.2) is 17.5 Å². The van der Waals surface area contributed by atoms with E-state index in [1.807, 2.05) is 12.1 Å². The van der Waals surface area contributed by atoms with E-state index in [0.29, 0.717) is 55.0 Å². The standard InChI is InChI=1S/C31H44ClNO3S/c1-17(2)29(25-8-9-26(32)37-25)33-27(36)14-18(3)21-6-7-22-28-23(11-13-31(21,22)5)30(4)12-10-20(34)15-19(30)16-24(28)35/h8-9,17-19,21-23,28-29H,6-7,10-16H2,1-5H3,(H,33,36)/t18-,19+,21-,22+,23+,28+,29-,30+,31-/m1/s1. The van der Waals surface area contributed by atoms with Crippen LogP contribution in [0.1, 0.15) is 103 Å². The van der Waals surface area contributed by atoms with Crippen LogP contribution < -0.4 is 5.32 Å². The molecule has 4 aliphatic carbocycles. The first-order valence-electron chi connectivity index (χ1n) is 14.5. The van der Waals surface area contributed by atoms with Gasteiger partial charge in [0.15, 0.2) is 0 Å².